The van der Waals surface area contributed by atoms with Gasteiger partial charge in [0.15, 0.2) is 0 Å². The molecule has 1 heterocycles. The monoisotopic (exact) mass is 187 g/mol. The molecule has 0 spiro atoms. The van der Waals surface area contributed by atoms with E-state index < -0.39 is 0 Å². The highest BCUT2D eigenvalue weighted by Gasteiger charge is 2.21. The number of ether oxygens (including phenoxy) is 1. The Morgan fingerprint density at radius 1 is 1.69 bits per heavy atom. The largest absolute Gasteiger partial charge is 0.391 e. The Morgan fingerprint density at radius 3 is 3.08 bits per heavy atom. The number of methoxy groups -OCH3 is 1. The number of hydrogen-bond donors (Lipinski definition) is 1. The van der Waals surface area contributed by atoms with Crippen LogP contribution < -0.4 is 0 Å². The zero-order valence-electron chi connectivity index (χ0n) is 8.03. The van der Waals surface area contributed by atoms with Gasteiger partial charge in [0, 0.05) is 20.2 Å². The van der Waals surface area contributed by atoms with Crippen LogP contribution in [0.1, 0.15) is 19.3 Å². The molecule has 1 unspecified atom stereocenters. The molecule has 0 bridgehead atoms. The molecule has 13 heavy (non-hydrogen) atoms. The molecule has 1 aliphatic rings. The maximum Gasteiger partial charge on any atom is 0.224 e. The molecule has 0 aromatic carbocycles. The van der Waals surface area contributed by atoms with Crippen LogP contribution in [0.5, 0.6) is 0 Å². The van der Waals surface area contributed by atoms with Crippen molar-refractivity contribution in [2.75, 3.05) is 26.8 Å². The zero-order valence-corrected chi connectivity index (χ0v) is 8.03. The lowest BCUT2D eigenvalue weighted by Crippen LogP contribution is -2.42. The zero-order chi connectivity index (χ0) is 9.68. The number of hydrogen-bond acceptors (Lipinski definition) is 3. The summed E-state index contributed by atoms with van der Waals surface area (Å²) in [4.78, 5) is 13.2. The van der Waals surface area contributed by atoms with Crippen LogP contribution >= 0.6 is 0 Å². The molecule has 4 heteroatoms. The lowest BCUT2D eigenvalue weighted by molar-refractivity contribution is -0.135. The summed E-state index contributed by atoms with van der Waals surface area (Å²) in [6.45, 7) is 1.73. The Balaban J connectivity index is 2.28. The van der Waals surface area contributed by atoms with Crippen LogP contribution in [0.25, 0.3) is 0 Å². The fraction of sp³-hybridized carbons (Fsp3) is 0.889. The maximum absolute atomic E-state index is 11.4. The average molecular weight is 187 g/mol. The van der Waals surface area contributed by atoms with Crippen LogP contribution in [0.4, 0.5) is 0 Å². The highest BCUT2D eigenvalue weighted by atomic mass is 16.5. The molecule has 1 N–H and O–H groups in total. The van der Waals surface area contributed by atoms with Crippen LogP contribution in [-0.2, 0) is 9.53 Å². The summed E-state index contributed by atoms with van der Waals surface area (Å²) in [5.74, 6) is 0.0839. The number of carbonyl (C=O) groups is 1. The Labute approximate surface area is 78.5 Å². The van der Waals surface area contributed by atoms with Gasteiger partial charge in [-0.1, -0.05) is 0 Å². The number of β-amino-alcohol motifs (C(OH)–C–C–N with tert-alkyl or cyclic N) is 1. The highest BCUT2D eigenvalue weighted by molar-refractivity contribution is 5.76. The molecule has 1 saturated heterocycles. The van der Waals surface area contributed by atoms with Crippen molar-refractivity contribution in [1.82, 2.24) is 4.90 Å². The summed E-state index contributed by atoms with van der Waals surface area (Å²) in [7, 11) is 1.58. The molecule has 1 rings (SSSR count). The van der Waals surface area contributed by atoms with Crippen molar-refractivity contribution in [3.63, 3.8) is 0 Å². The first kappa shape index (κ1) is 10.5. The van der Waals surface area contributed by atoms with E-state index in [1.165, 1.54) is 0 Å². The second kappa shape index (κ2) is 5.19. The first-order chi connectivity index (χ1) is 6.24. The Hall–Kier alpha value is -0.610. The number of nitrogens with zero attached hydrogens (tertiary/aromatic N) is 1. The van der Waals surface area contributed by atoms with Crippen molar-refractivity contribution >= 4 is 5.91 Å². The molecule has 1 aliphatic heterocycles. The minimum absolute atomic E-state index is 0.0839. The molecular weight excluding hydrogens is 170 g/mol. The molecule has 0 aliphatic carbocycles. The number of carbonyl (C=O) groups excluding carboxylic acids is 1. The van der Waals surface area contributed by atoms with Crippen LogP contribution in [0.3, 0.4) is 0 Å². The first-order valence-electron chi connectivity index (χ1n) is 4.69. The van der Waals surface area contributed by atoms with E-state index in [1.54, 1.807) is 12.0 Å². The van der Waals surface area contributed by atoms with Crippen LogP contribution in [0, 0.1) is 0 Å². The Bertz CT molecular complexity index is 172. The average Bonchev–Trinajstić information content (AvgIpc) is 2.14. The fourth-order valence-electron chi connectivity index (χ4n) is 1.53. The van der Waals surface area contributed by atoms with E-state index in [0.717, 1.165) is 19.4 Å². The van der Waals surface area contributed by atoms with E-state index >= 15 is 0 Å². The third kappa shape index (κ3) is 3.32. The van der Waals surface area contributed by atoms with Gasteiger partial charge in [-0.3, -0.25) is 4.79 Å². The normalized spacial score (nSPS) is 23.2. The van der Waals surface area contributed by atoms with Crippen molar-refractivity contribution < 1.29 is 14.6 Å². The van der Waals surface area contributed by atoms with Crippen LogP contribution in [-0.4, -0.2) is 48.8 Å². The van der Waals surface area contributed by atoms with E-state index in [-0.39, 0.29) is 12.0 Å². The minimum Gasteiger partial charge on any atom is -0.391 e. The lowest BCUT2D eigenvalue weighted by atomic mass is 10.1. The molecule has 0 radical (unpaired) electrons. The van der Waals surface area contributed by atoms with Crippen LogP contribution in [0.2, 0.25) is 0 Å². The van der Waals surface area contributed by atoms with Crippen molar-refractivity contribution in [3.05, 3.63) is 0 Å². The molecule has 76 valence electrons. The van der Waals surface area contributed by atoms with Crippen molar-refractivity contribution in [2.24, 2.45) is 0 Å². The number of aliphatic hydroxyl groups is 1. The molecule has 4 nitrogen and oxygen atoms in total. The van der Waals surface area contributed by atoms with Gasteiger partial charge in [0.1, 0.15) is 0 Å². The van der Waals surface area contributed by atoms with Gasteiger partial charge >= 0.3 is 0 Å². The summed E-state index contributed by atoms with van der Waals surface area (Å²) >= 11 is 0. The number of rotatable bonds is 3. The molecular formula is C9H17NO3. The van der Waals surface area contributed by atoms with Crippen molar-refractivity contribution in [2.45, 2.75) is 25.4 Å². The van der Waals surface area contributed by atoms with Gasteiger partial charge in [0.25, 0.3) is 0 Å². The van der Waals surface area contributed by atoms with Crippen molar-refractivity contribution in [1.29, 1.82) is 0 Å². The summed E-state index contributed by atoms with van der Waals surface area (Å²) in [6, 6.07) is 0. The van der Waals surface area contributed by atoms with Crippen molar-refractivity contribution in [3.8, 4) is 0 Å². The number of likely N-dealkylation sites (tertiary alicyclic amines) is 1. The topological polar surface area (TPSA) is 49.8 Å². The maximum atomic E-state index is 11.4. The molecule has 0 saturated carbocycles. The molecule has 1 amide bonds. The summed E-state index contributed by atoms with van der Waals surface area (Å²) in [5.41, 5.74) is 0. The summed E-state index contributed by atoms with van der Waals surface area (Å²) in [5, 5.41) is 9.33. The molecule has 0 aromatic heterocycles. The molecule has 1 atom stereocenters. The Morgan fingerprint density at radius 2 is 2.46 bits per heavy atom. The van der Waals surface area contributed by atoms with Gasteiger partial charge in [-0.05, 0) is 12.8 Å². The SMILES string of the molecule is COCCC(=O)N1CCCC(O)C1. The third-order valence-corrected chi connectivity index (χ3v) is 2.27. The highest BCUT2D eigenvalue weighted by Crippen LogP contribution is 2.10. The number of piperidine rings is 1. The van der Waals surface area contributed by atoms with Gasteiger partial charge < -0.3 is 14.7 Å². The van der Waals surface area contributed by atoms with E-state index in [1.807, 2.05) is 0 Å². The second-order valence-electron chi connectivity index (χ2n) is 3.38. The molecule has 1 fully saturated rings. The van der Waals surface area contributed by atoms with Gasteiger partial charge in [0.2, 0.25) is 5.91 Å². The van der Waals surface area contributed by atoms with Gasteiger partial charge in [-0.25, -0.2) is 0 Å². The second-order valence-corrected chi connectivity index (χ2v) is 3.38. The van der Waals surface area contributed by atoms with E-state index in [0.29, 0.717) is 19.6 Å². The van der Waals surface area contributed by atoms with E-state index in [2.05, 4.69) is 0 Å². The number of aliphatic hydroxyl groups excluding tert-OH is 1. The Kier molecular flexibility index (Phi) is 4.18. The van der Waals surface area contributed by atoms with E-state index in [9.17, 15) is 9.90 Å². The summed E-state index contributed by atoms with van der Waals surface area (Å²) < 4.78 is 4.82. The predicted octanol–water partition coefficient (Wildman–Crippen LogP) is 0.00620. The third-order valence-electron chi connectivity index (χ3n) is 2.27. The predicted molar refractivity (Wildman–Crippen MR) is 48.3 cm³/mol. The molecule has 0 aromatic rings. The van der Waals surface area contributed by atoms with Gasteiger partial charge in [-0.15, -0.1) is 0 Å². The number of amides is 1. The van der Waals surface area contributed by atoms with Crippen LogP contribution in [0.15, 0.2) is 0 Å². The fourth-order valence-corrected chi connectivity index (χ4v) is 1.53. The lowest BCUT2D eigenvalue weighted by Gasteiger charge is -2.30. The smallest absolute Gasteiger partial charge is 0.224 e. The quantitative estimate of drug-likeness (QED) is 0.677. The standard InChI is InChI=1S/C9H17NO3/c1-13-6-4-9(12)10-5-2-3-8(11)7-10/h8,11H,2-7H2,1H3. The minimum atomic E-state index is -0.333. The van der Waals surface area contributed by atoms with Gasteiger partial charge in [-0.2, -0.15) is 0 Å². The van der Waals surface area contributed by atoms with Gasteiger partial charge in [0.05, 0.1) is 19.1 Å². The summed E-state index contributed by atoms with van der Waals surface area (Å²) in [6.07, 6.45) is 1.80. The van der Waals surface area contributed by atoms with E-state index in [4.69, 9.17) is 4.74 Å². The first-order valence-corrected chi connectivity index (χ1v) is 4.69.